The van der Waals surface area contributed by atoms with E-state index in [-0.39, 0.29) is 22.3 Å². The predicted molar refractivity (Wildman–Crippen MR) is 94.1 cm³/mol. The van der Waals surface area contributed by atoms with Crippen LogP contribution >= 0.6 is 0 Å². The number of aromatic carboxylic acids is 1. The largest absolute Gasteiger partial charge is 0.477 e. The summed E-state index contributed by atoms with van der Waals surface area (Å²) in [5.74, 6) is -1.23. The molecule has 1 aromatic carbocycles. The van der Waals surface area contributed by atoms with Crippen LogP contribution in [0.2, 0.25) is 0 Å². The van der Waals surface area contributed by atoms with Crippen molar-refractivity contribution in [1.29, 1.82) is 0 Å². The summed E-state index contributed by atoms with van der Waals surface area (Å²) in [6.45, 7) is -1.46. The van der Waals surface area contributed by atoms with Crippen molar-refractivity contribution < 1.29 is 23.1 Å². The minimum Gasteiger partial charge on any atom is -0.477 e. The number of carboxylic acid groups (broad SMARTS) is 1. The number of aromatic amines is 1. The maximum atomic E-state index is 13.1. The SMILES string of the molecule is O=C(O)c1cccc(-c2ccc3c4[nH]ncc4c(=O)n(CC(F)(F)F)c3c2)n1. The van der Waals surface area contributed by atoms with E-state index in [1.54, 1.807) is 12.1 Å². The van der Waals surface area contributed by atoms with Crippen LogP contribution in [-0.4, -0.2) is 37.0 Å². The van der Waals surface area contributed by atoms with Gasteiger partial charge in [-0.1, -0.05) is 18.2 Å². The van der Waals surface area contributed by atoms with Gasteiger partial charge >= 0.3 is 12.1 Å². The summed E-state index contributed by atoms with van der Waals surface area (Å²) in [6, 6.07) is 8.86. The normalized spacial score (nSPS) is 12.0. The first kappa shape index (κ1) is 17.7. The Morgan fingerprint density at radius 1 is 1.18 bits per heavy atom. The summed E-state index contributed by atoms with van der Waals surface area (Å²) in [5, 5.41) is 15.9. The second-order valence-corrected chi connectivity index (χ2v) is 6.11. The molecule has 142 valence electrons. The van der Waals surface area contributed by atoms with Crippen molar-refractivity contribution in [3.05, 3.63) is 58.6 Å². The molecule has 4 rings (SSSR count). The fourth-order valence-corrected chi connectivity index (χ4v) is 3.08. The molecule has 0 radical (unpaired) electrons. The molecule has 0 amide bonds. The van der Waals surface area contributed by atoms with Gasteiger partial charge in [0.1, 0.15) is 12.2 Å². The second kappa shape index (κ2) is 6.19. The summed E-state index contributed by atoms with van der Waals surface area (Å²) in [7, 11) is 0. The van der Waals surface area contributed by atoms with Crippen LogP contribution in [0.4, 0.5) is 13.2 Å². The van der Waals surface area contributed by atoms with Crippen molar-refractivity contribution in [3.8, 4) is 11.3 Å². The minimum absolute atomic E-state index is 0.0408. The Kier molecular flexibility index (Phi) is 3.91. The Labute approximate surface area is 154 Å². The highest BCUT2D eigenvalue weighted by Crippen LogP contribution is 2.28. The molecular weight excluding hydrogens is 377 g/mol. The van der Waals surface area contributed by atoms with E-state index in [0.717, 1.165) is 0 Å². The zero-order chi connectivity index (χ0) is 20.1. The third-order valence-electron chi connectivity index (χ3n) is 4.27. The zero-order valence-electron chi connectivity index (χ0n) is 14.0. The molecule has 10 heteroatoms. The average molecular weight is 388 g/mol. The first-order valence-electron chi connectivity index (χ1n) is 8.02. The van der Waals surface area contributed by atoms with Crippen LogP contribution in [0.5, 0.6) is 0 Å². The van der Waals surface area contributed by atoms with Gasteiger partial charge < -0.3 is 5.11 Å². The van der Waals surface area contributed by atoms with Gasteiger partial charge in [-0.2, -0.15) is 18.3 Å². The number of aromatic nitrogens is 4. The van der Waals surface area contributed by atoms with Crippen LogP contribution in [0, 0.1) is 0 Å². The van der Waals surface area contributed by atoms with E-state index in [0.29, 0.717) is 21.0 Å². The lowest BCUT2D eigenvalue weighted by atomic mass is 10.1. The van der Waals surface area contributed by atoms with Gasteiger partial charge in [-0.15, -0.1) is 0 Å². The van der Waals surface area contributed by atoms with Gasteiger partial charge in [0.25, 0.3) is 5.56 Å². The van der Waals surface area contributed by atoms with Crippen molar-refractivity contribution in [3.63, 3.8) is 0 Å². The van der Waals surface area contributed by atoms with Crippen molar-refractivity contribution in [2.45, 2.75) is 12.7 Å². The van der Waals surface area contributed by atoms with Crippen molar-refractivity contribution in [1.82, 2.24) is 19.7 Å². The highest BCUT2D eigenvalue weighted by atomic mass is 19.4. The zero-order valence-corrected chi connectivity index (χ0v) is 14.0. The smallest absolute Gasteiger partial charge is 0.406 e. The van der Waals surface area contributed by atoms with Crippen molar-refractivity contribution in [2.24, 2.45) is 0 Å². The van der Waals surface area contributed by atoms with Gasteiger partial charge in [0, 0.05) is 10.9 Å². The van der Waals surface area contributed by atoms with E-state index in [4.69, 9.17) is 5.11 Å². The Balaban J connectivity index is 2.01. The summed E-state index contributed by atoms with van der Waals surface area (Å²) in [5.41, 5.74) is -0.00843. The van der Waals surface area contributed by atoms with E-state index < -0.39 is 24.2 Å². The Bertz CT molecular complexity index is 1290. The van der Waals surface area contributed by atoms with Gasteiger partial charge in [0.05, 0.1) is 28.3 Å². The third kappa shape index (κ3) is 2.98. The predicted octanol–water partition coefficient (Wildman–Crippen LogP) is 3.20. The molecule has 0 bridgehead atoms. The molecule has 0 saturated heterocycles. The van der Waals surface area contributed by atoms with Gasteiger partial charge in [0.15, 0.2) is 0 Å². The van der Waals surface area contributed by atoms with Crippen LogP contribution < -0.4 is 5.56 Å². The lowest BCUT2D eigenvalue weighted by molar-refractivity contribution is -0.140. The molecule has 0 spiro atoms. The van der Waals surface area contributed by atoms with Gasteiger partial charge in [-0.05, 0) is 18.2 Å². The van der Waals surface area contributed by atoms with Gasteiger partial charge in [-0.25, -0.2) is 9.78 Å². The quantitative estimate of drug-likeness (QED) is 0.561. The number of alkyl halides is 3. The van der Waals surface area contributed by atoms with E-state index >= 15 is 0 Å². The molecule has 0 fully saturated rings. The fraction of sp³-hybridized carbons (Fsp3) is 0.111. The van der Waals surface area contributed by atoms with Crippen LogP contribution in [0.15, 0.2) is 47.4 Å². The second-order valence-electron chi connectivity index (χ2n) is 6.11. The molecule has 0 aliphatic heterocycles. The monoisotopic (exact) mass is 388 g/mol. The molecule has 28 heavy (non-hydrogen) atoms. The maximum Gasteiger partial charge on any atom is 0.406 e. The Morgan fingerprint density at radius 3 is 2.68 bits per heavy atom. The van der Waals surface area contributed by atoms with E-state index in [1.807, 2.05) is 0 Å². The van der Waals surface area contributed by atoms with Gasteiger partial charge in [0.2, 0.25) is 0 Å². The number of rotatable bonds is 3. The number of hydrogen-bond donors (Lipinski definition) is 2. The van der Waals surface area contributed by atoms with Crippen LogP contribution in [0.3, 0.4) is 0 Å². The molecule has 2 N–H and O–H groups in total. The number of carboxylic acids is 1. The van der Waals surface area contributed by atoms with Crippen LogP contribution in [0.25, 0.3) is 33.1 Å². The number of carbonyl (C=O) groups is 1. The summed E-state index contributed by atoms with van der Waals surface area (Å²) in [6.07, 6.45) is -3.42. The topological polar surface area (TPSA) is 101 Å². The molecule has 4 aromatic rings. The third-order valence-corrected chi connectivity index (χ3v) is 4.27. The van der Waals surface area contributed by atoms with Crippen molar-refractivity contribution >= 4 is 27.8 Å². The first-order valence-corrected chi connectivity index (χ1v) is 8.02. The molecule has 0 unspecified atom stereocenters. The van der Waals surface area contributed by atoms with Crippen molar-refractivity contribution in [2.75, 3.05) is 0 Å². The summed E-state index contributed by atoms with van der Waals surface area (Å²) in [4.78, 5) is 27.7. The Morgan fingerprint density at radius 2 is 1.96 bits per heavy atom. The standard InChI is InChI=1S/C18H11F3N4O3/c19-18(20,21)8-25-14-6-9(12-2-1-3-13(23-12)17(27)28)4-5-10(14)15-11(16(25)26)7-22-24-15/h1-7H,8H2,(H,22,24)(H,27,28). The molecule has 0 aliphatic rings. The first-order chi connectivity index (χ1) is 13.2. The maximum absolute atomic E-state index is 13.1. The summed E-state index contributed by atoms with van der Waals surface area (Å²) < 4.78 is 39.9. The molecular formula is C18H11F3N4O3. The number of benzene rings is 1. The lowest BCUT2D eigenvalue weighted by Crippen LogP contribution is -2.28. The number of pyridine rings is 2. The number of nitrogens with zero attached hydrogens (tertiary/aromatic N) is 3. The van der Waals surface area contributed by atoms with Crippen LogP contribution in [0.1, 0.15) is 10.5 Å². The molecule has 0 saturated carbocycles. The molecule has 0 aliphatic carbocycles. The van der Waals surface area contributed by atoms with Gasteiger partial charge in [-0.3, -0.25) is 14.5 Å². The molecule has 3 aromatic heterocycles. The van der Waals surface area contributed by atoms with E-state index in [9.17, 15) is 22.8 Å². The van der Waals surface area contributed by atoms with Crippen LogP contribution in [-0.2, 0) is 6.54 Å². The number of hydrogen-bond acceptors (Lipinski definition) is 4. The Hall–Kier alpha value is -3.69. The molecule has 3 heterocycles. The number of H-pyrrole nitrogens is 1. The average Bonchev–Trinajstić information content (AvgIpc) is 3.14. The van der Waals surface area contributed by atoms with E-state index in [2.05, 4.69) is 15.2 Å². The number of nitrogens with one attached hydrogen (secondary N) is 1. The molecule has 0 atom stereocenters. The number of fused-ring (bicyclic) bond motifs is 3. The molecule has 7 nitrogen and oxygen atoms in total. The minimum atomic E-state index is -4.61. The highest BCUT2D eigenvalue weighted by Gasteiger charge is 2.30. The van der Waals surface area contributed by atoms with E-state index in [1.165, 1.54) is 30.5 Å². The highest BCUT2D eigenvalue weighted by molar-refractivity contribution is 6.04. The number of halogens is 3. The lowest BCUT2D eigenvalue weighted by Gasteiger charge is -2.14. The fourth-order valence-electron chi connectivity index (χ4n) is 3.08. The summed E-state index contributed by atoms with van der Waals surface area (Å²) >= 11 is 0.